The second kappa shape index (κ2) is 7.36. The largest absolute Gasteiger partial charge is 0.393 e. The molecule has 3 heterocycles. The Balaban J connectivity index is 1.30. The van der Waals surface area contributed by atoms with Gasteiger partial charge in [0.2, 0.25) is 0 Å². The zero-order valence-electron chi connectivity index (χ0n) is 14.6. The molecule has 5 nitrogen and oxygen atoms in total. The standard InChI is InChI=1S/C19H30N4O/c24-17-10-16(11-17)18-12-19(21-14-20-18)23-8-4-15(5-9-23)13-22-6-2-1-3-7-22/h12,14-17,24H,1-11,13H2. The fourth-order valence-electron chi connectivity index (χ4n) is 4.44. The Morgan fingerprint density at radius 1 is 1.00 bits per heavy atom. The third kappa shape index (κ3) is 3.72. The molecule has 2 saturated heterocycles. The summed E-state index contributed by atoms with van der Waals surface area (Å²) in [7, 11) is 0. The van der Waals surface area contributed by atoms with Crippen molar-refractivity contribution in [2.45, 2.75) is 57.0 Å². The number of aliphatic hydroxyl groups is 1. The first-order chi connectivity index (χ1) is 11.8. The Kier molecular flexibility index (Phi) is 4.99. The van der Waals surface area contributed by atoms with Gasteiger partial charge in [-0.3, -0.25) is 0 Å². The molecule has 1 aromatic rings. The highest BCUT2D eigenvalue weighted by Gasteiger charge is 2.30. The first kappa shape index (κ1) is 16.3. The second-order valence-electron chi connectivity index (χ2n) is 7.91. The molecule has 1 N–H and O–H groups in total. The van der Waals surface area contributed by atoms with Gasteiger partial charge in [0.25, 0.3) is 0 Å². The van der Waals surface area contributed by atoms with Gasteiger partial charge in [-0.25, -0.2) is 9.97 Å². The number of nitrogens with zero attached hydrogens (tertiary/aromatic N) is 4. The molecular formula is C19H30N4O. The normalized spacial score (nSPS) is 29.5. The minimum atomic E-state index is -0.126. The van der Waals surface area contributed by atoms with Gasteiger partial charge >= 0.3 is 0 Å². The maximum absolute atomic E-state index is 9.50. The van der Waals surface area contributed by atoms with Crippen LogP contribution in [-0.2, 0) is 0 Å². The van der Waals surface area contributed by atoms with E-state index in [1.807, 2.05) is 0 Å². The van der Waals surface area contributed by atoms with Crippen LogP contribution in [0.2, 0.25) is 0 Å². The first-order valence-electron chi connectivity index (χ1n) is 9.75. The number of anilines is 1. The van der Waals surface area contributed by atoms with Crippen LogP contribution in [0.1, 0.15) is 56.6 Å². The summed E-state index contributed by atoms with van der Waals surface area (Å²) in [6, 6.07) is 2.15. The highest BCUT2D eigenvalue weighted by atomic mass is 16.3. The van der Waals surface area contributed by atoms with Crippen LogP contribution >= 0.6 is 0 Å². The summed E-state index contributed by atoms with van der Waals surface area (Å²) >= 11 is 0. The summed E-state index contributed by atoms with van der Waals surface area (Å²) in [6.07, 6.45) is 10.0. The summed E-state index contributed by atoms with van der Waals surface area (Å²) in [6.45, 7) is 6.14. The van der Waals surface area contributed by atoms with Gasteiger partial charge in [-0.15, -0.1) is 0 Å². The van der Waals surface area contributed by atoms with Crippen molar-refractivity contribution in [1.29, 1.82) is 0 Å². The molecule has 0 radical (unpaired) electrons. The lowest BCUT2D eigenvalue weighted by molar-refractivity contribution is 0.0732. The first-order valence-corrected chi connectivity index (χ1v) is 9.75. The van der Waals surface area contributed by atoms with Crippen molar-refractivity contribution in [1.82, 2.24) is 14.9 Å². The summed E-state index contributed by atoms with van der Waals surface area (Å²) < 4.78 is 0. The molecule has 0 aromatic carbocycles. The SMILES string of the molecule is OC1CC(c2cc(N3CCC(CN4CCCCC4)CC3)ncn2)C1. The Labute approximate surface area is 145 Å². The van der Waals surface area contributed by atoms with Crippen molar-refractivity contribution in [3.05, 3.63) is 18.1 Å². The minimum absolute atomic E-state index is 0.126. The third-order valence-electron chi connectivity index (χ3n) is 6.11. The Bertz CT molecular complexity index is 532. The van der Waals surface area contributed by atoms with E-state index in [1.165, 1.54) is 51.7 Å². The number of piperidine rings is 2. The van der Waals surface area contributed by atoms with Crippen LogP contribution < -0.4 is 4.90 Å². The summed E-state index contributed by atoms with van der Waals surface area (Å²) in [5, 5.41) is 9.50. The lowest BCUT2D eigenvalue weighted by Crippen LogP contribution is -2.40. The molecule has 0 atom stereocenters. The fraction of sp³-hybridized carbons (Fsp3) is 0.789. The average molecular weight is 330 g/mol. The highest BCUT2D eigenvalue weighted by molar-refractivity contribution is 5.40. The van der Waals surface area contributed by atoms with E-state index in [0.717, 1.165) is 43.4 Å². The van der Waals surface area contributed by atoms with Gasteiger partial charge in [0.15, 0.2) is 0 Å². The van der Waals surface area contributed by atoms with Gasteiger partial charge in [-0.2, -0.15) is 0 Å². The molecule has 1 aromatic heterocycles. The van der Waals surface area contributed by atoms with Crippen LogP contribution in [0.15, 0.2) is 12.4 Å². The molecule has 4 rings (SSSR count). The van der Waals surface area contributed by atoms with Crippen LogP contribution in [0, 0.1) is 5.92 Å². The molecule has 3 aliphatic rings. The van der Waals surface area contributed by atoms with Gasteiger partial charge < -0.3 is 14.9 Å². The van der Waals surface area contributed by atoms with E-state index >= 15 is 0 Å². The summed E-state index contributed by atoms with van der Waals surface area (Å²) in [5.74, 6) is 2.36. The fourth-order valence-corrected chi connectivity index (χ4v) is 4.44. The molecule has 0 unspecified atom stereocenters. The molecule has 1 aliphatic carbocycles. The molecular weight excluding hydrogens is 300 g/mol. The summed E-state index contributed by atoms with van der Waals surface area (Å²) in [4.78, 5) is 14.0. The van der Waals surface area contributed by atoms with Crippen LogP contribution in [0.3, 0.4) is 0 Å². The van der Waals surface area contributed by atoms with Crippen LogP contribution in [0.5, 0.6) is 0 Å². The maximum Gasteiger partial charge on any atom is 0.132 e. The number of likely N-dealkylation sites (tertiary alicyclic amines) is 1. The Morgan fingerprint density at radius 2 is 1.75 bits per heavy atom. The van der Waals surface area contributed by atoms with Crippen molar-refractivity contribution in [3.8, 4) is 0 Å². The quantitative estimate of drug-likeness (QED) is 0.919. The van der Waals surface area contributed by atoms with Crippen LogP contribution in [0.4, 0.5) is 5.82 Å². The topological polar surface area (TPSA) is 52.5 Å². The van der Waals surface area contributed by atoms with E-state index in [0.29, 0.717) is 5.92 Å². The molecule has 5 heteroatoms. The molecule has 3 fully saturated rings. The Hall–Kier alpha value is -1.20. The lowest BCUT2D eigenvalue weighted by Gasteiger charge is -2.37. The third-order valence-corrected chi connectivity index (χ3v) is 6.11. The zero-order chi connectivity index (χ0) is 16.4. The number of aromatic nitrogens is 2. The number of rotatable bonds is 4. The van der Waals surface area contributed by atoms with Gasteiger partial charge in [0, 0.05) is 37.3 Å². The number of aliphatic hydroxyl groups excluding tert-OH is 1. The lowest BCUT2D eigenvalue weighted by atomic mass is 9.80. The van der Waals surface area contributed by atoms with E-state index in [1.54, 1.807) is 6.33 Å². The predicted molar refractivity (Wildman–Crippen MR) is 95.2 cm³/mol. The van der Waals surface area contributed by atoms with Gasteiger partial charge in [0.1, 0.15) is 12.1 Å². The number of hydrogen-bond acceptors (Lipinski definition) is 5. The van der Waals surface area contributed by atoms with Crippen molar-refractivity contribution >= 4 is 5.82 Å². The Morgan fingerprint density at radius 3 is 2.46 bits per heavy atom. The van der Waals surface area contributed by atoms with Crippen molar-refractivity contribution in [2.75, 3.05) is 37.6 Å². The van der Waals surface area contributed by atoms with Crippen LogP contribution in [0.25, 0.3) is 0 Å². The van der Waals surface area contributed by atoms with Gasteiger partial charge in [-0.1, -0.05) is 6.42 Å². The van der Waals surface area contributed by atoms with Gasteiger partial charge in [-0.05, 0) is 57.5 Å². The van der Waals surface area contributed by atoms with Crippen molar-refractivity contribution in [3.63, 3.8) is 0 Å². The summed E-state index contributed by atoms with van der Waals surface area (Å²) in [5.41, 5.74) is 1.11. The maximum atomic E-state index is 9.50. The molecule has 2 aliphatic heterocycles. The smallest absolute Gasteiger partial charge is 0.132 e. The molecule has 24 heavy (non-hydrogen) atoms. The molecule has 1 saturated carbocycles. The van der Waals surface area contributed by atoms with Gasteiger partial charge in [0.05, 0.1) is 6.10 Å². The van der Waals surface area contributed by atoms with Crippen molar-refractivity contribution < 1.29 is 5.11 Å². The highest BCUT2D eigenvalue weighted by Crippen LogP contribution is 2.36. The van der Waals surface area contributed by atoms with Crippen LogP contribution in [-0.4, -0.2) is 58.8 Å². The second-order valence-corrected chi connectivity index (χ2v) is 7.91. The minimum Gasteiger partial charge on any atom is -0.393 e. The van der Waals surface area contributed by atoms with E-state index in [2.05, 4.69) is 25.8 Å². The van der Waals surface area contributed by atoms with E-state index < -0.39 is 0 Å². The molecule has 0 spiro atoms. The van der Waals surface area contributed by atoms with E-state index in [9.17, 15) is 5.11 Å². The molecule has 132 valence electrons. The van der Waals surface area contributed by atoms with Crippen molar-refractivity contribution in [2.24, 2.45) is 5.92 Å². The zero-order valence-corrected chi connectivity index (χ0v) is 14.6. The molecule has 0 bridgehead atoms. The average Bonchev–Trinajstić information content (AvgIpc) is 2.61. The predicted octanol–water partition coefficient (Wildman–Crippen LogP) is 2.42. The van der Waals surface area contributed by atoms with E-state index in [4.69, 9.17) is 0 Å². The number of hydrogen-bond donors (Lipinski definition) is 1. The van der Waals surface area contributed by atoms with E-state index in [-0.39, 0.29) is 6.10 Å². The monoisotopic (exact) mass is 330 g/mol. The molecule has 0 amide bonds.